The number of rotatable bonds is 15. The Bertz CT molecular complexity index is 2090. The number of hydrogen-bond acceptors (Lipinski definition) is 6. The molecule has 4 atom stereocenters. The molecule has 3 amide bonds. The molecule has 4 unspecified atom stereocenters. The summed E-state index contributed by atoms with van der Waals surface area (Å²) in [5.41, 5.74) is 11.0. The van der Waals surface area contributed by atoms with Crippen LogP contribution in [0, 0.1) is 0 Å². The first-order chi connectivity index (χ1) is 24.2. The van der Waals surface area contributed by atoms with Gasteiger partial charge in [-0.15, -0.1) is 0 Å². The highest BCUT2D eigenvalue weighted by Crippen LogP contribution is 2.20. The minimum absolute atomic E-state index is 0.0178. The van der Waals surface area contributed by atoms with Crippen molar-refractivity contribution in [2.24, 2.45) is 5.73 Å². The van der Waals surface area contributed by atoms with Gasteiger partial charge in [0.25, 0.3) is 0 Å². The van der Waals surface area contributed by atoms with E-state index >= 15 is 0 Å². The summed E-state index contributed by atoms with van der Waals surface area (Å²) in [4.78, 5) is 66.8. The lowest BCUT2D eigenvalue weighted by atomic mass is 10.0. The van der Waals surface area contributed by atoms with E-state index in [1.54, 1.807) is 30.5 Å². The van der Waals surface area contributed by atoms with Crippen LogP contribution in [0.1, 0.15) is 22.4 Å². The summed E-state index contributed by atoms with van der Waals surface area (Å²) in [6, 6.07) is 19.6. The van der Waals surface area contributed by atoms with Gasteiger partial charge in [0.05, 0.1) is 12.4 Å². The summed E-state index contributed by atoms with van der Waals surface area (Å²) >= 11 is 0. The molecule has 0 aliphatic heterocycles. The fraction of sp³-hybridized carbons (Fsp3) is 0.216. The number of amides is 3. The minimum Gasteiger partial charge on any atom is -0.480 e. The van der Waals surface area contributed by atoms with Gasteiger partial charge in [-0.3, -0.25) is 14.4 Å². The van der Waals surface area contributed by atoms with Crippen molar-refractivity contribution in [1.29, 1.82) is 0 Å². The number of H-pyrrole nitrogens is 3. The van der Waals surface area contributed by atoms with E-state index in [9.17, 15) is 24.3 Å². The molecule has 0 spiro atoms. The number of hydrogen-bond donors (Lipinski definition) is 8. The molecule has 6 rings (SSSR count). The topological polar surface area (TPSA) is 211 Å². The van der Waals surface area contributed by atoms with Crippen LogP contribution in [-0.4, -0.2) is 72.9 Å². The monoisotopic (exact) mass is 674 g/mol. The number of nitrogens with zero attached hydrogens (tertiary/aromatic N) is 1. The molecule has 3 aromatic carbocycles. The van der Waals surface area contributed by atoms with Gasteiger partial charge < -0.3 is 41.7 Å². The first-order valence-electron chi connectivity index (χ1n) is 16.3. The van der Waals surface area contributed by atoms with E-state index in [2.05, 4.69) is 35.9 Å². The molecular weight excluding hydrogens is 636 g/mol. The van der Waals surface area contributed by atoms with Crippen LogP contribution < -0.4 is 21.7 Å². The predicted molar refractivity (Wildman–Crippen MR) is 188 cm³/mol. The Balaban J connectivity index is 1.19. The van der Waals surface area contributed by atoms with E-state index < -0.39 is 47.9 Å². The van der Waals surface area contributed by atoms with Gasteiger partial charge in [-0.2, -0.15) is 0 Å². The van der Waals surface area contributed by atoms with Gasteiger partial charge in [0.2, 0.25) is 17.7 Å². The Labute approximate surface area is 287 Å². The molecule has 3 aromatic heterocycles. The summed E-state index contributed by atoms with van der Waals surface area (Å²) in [6.45, 7) is 0. The van der Waals surface area contributed by atoms with Crippen LogP contribution in [0.3, 0.4) is 0 Å². The highest BCUT2D eigenvalue weighted by Gasteiger charge is 2.31. The van der Waals surface area contributed by atoms with Gasteiger partial charge in [-0.05, 0) is 35.2 Å². The maximum Gasteiger partial charge on any atom is 0.326 e. The smallest absolute Gasteiger partial charge is 0.326 e. The average Bonchev–Trinajstić information content (AvgIpc) is 3.89. The maximum atomic E-state index is 13.9. The van der Waals surface area contributed by atoms with Gasteiger partial charge in [-0.25, -0.2) is 9.78 Å². The molecular formula is C37H38N8O5. The van der Waals surface area contributed by atoms with Crippen molar-refractivity contribution < 1.29 is 24.3 Å². The van der Waals surface area contributed by atoms with Gasteiger partial charge in [0, 0.05) is 65.4 Å². The number of imidazole rings is 1. The quantitative estimate of drug-likeness (QED) is 0.0815. The zero-order valence-electron chi connectivity index (χ0n) is 27.1. The van der Waals surface area contributed by atoms with E-state index in [0.717, 1.165) is 38.5 Å². The molecule has 13 heteroatoms. The zero-order valence-corrected chi connectivity index (χ0v) is 27.1. The van der Waals surface area contributed by atoms with Crippen molar-refractivity contribution in [3.8, 4) is 0 Å². The molecule has 0 aliphatic carbocycles. The second-order valence-electron chi connectivity index (χ2n) is 12.2. The largest absolute Gasteiger partial charge is 0.480 e. The van der Waals surface area contributed by atoms with Gasteiger partial charge in [0.1, 0.15) is 18.1 Å². The summed E-state index contributed by atoms with van der Waals surface area (Å²) in [5, 5.41) is 20.1. The standard InChI is InChI=1S/C37H38N8O5/c38-28(15-23-18-40-29-12-6-4-10-26(23)29)34(46)43-32(17-25-20-39-21-42-25)36(48)44-31(14-22-8-2-1-3-9-22)35(47)45-33(37(49)50)16-24-19-41-30-13-7-5-11-27(24)30/h1-13,18-21,28,31-33,40-41H,14-17,38H2,(H,39,42)(H,43,46)(H,44,48)(H,45,47)(H,49,50). The molecule has 6 aromatic rings. The van der Waals surface area contributed by atoms with E-state index in [1.807, 2.05) is 60.8 Å². The molecule has 0 saturated heterocycles. The fourth-order valence-corrected chi connectivity index (χ4v) is 6.06. The lowest BCUT2D eigenvalue weighted by Crippen LogP contribution is -2.58. The number of para-hydroxylation sites is 2. The Morgan fingerprint density at radius 2 is 1.18 bits per heavy atom. The van der Waals surface area contributed by atoms with Crippen LogP contribution in [0.2, 0.25) is 0 Å². The van der Waals surface area contributed by atoms with E-state index in [-0.39, 0.29) is 25.7 Å². The lowest BCUT2D eigenvalue weighted by Gasteiger charge is -2.25. The molecule has 0 radical (unpaired) electrons. The van der Waals surface area contributed by atoms with E-state index in [1.165, 1.54) is 12.5 Å². The Hall–Kier alpha value is -6.21. The predicted octanol–water partition coefficient (Wildman–Crippen LogP) is 2.51. The molecule has 0 bridgehead atoms. The summed E-state index contributed by atoms with van der Waals surface area (Å²) in [6.07, 6.45) is 6.88. The third-order valence-electron chi connectivity index (χ3n) is 8.69. The van der Waals surface area contributed by atoms with Crippen LogP contribution >= 0.6 is 0 Å². The average molecular weight is 675 g/mol. The molecule has 0 saturated carbocycles. The van der Waals surface area contributed by atoms with Gasteiger partial charge in [-0.1, -0.05) is 66.7 Å². The maximum absolute atomic E-state index is 13.9. The second-order valence-corrected chi connectivity index (χ2v) is 12.2. The highest BCUT2D eigenvalue weighted by atomic mass is 16.4. The number of aromatic nitrogens is 4. The number of carboxylic acids is 1. The summed E-state index contributed by atoms with van der Waals surface area (Å²) < 4.78 is 0. The molecule has 3 heterocycles. The number of aromatic amines is 3. The number of carbonyl (C=O) groups is 4. The van der Waals surface area contributed by atoms with Crippen LogP contribution in [0.25, 0.3) is 21.8 Å². The zero-order chi connectivity index (χ0) is 35.0. The summed E-state index contributed by atoms with van der Waals surface area (Å²) in [5.74, 6) is -3.10. The van der Waals surface area contributed by atoms with Crippen molar-refractivity contribution in [3.05, 3.63) is 126 Å². The molecule has 0 aliphatic rings. The minimum atomic E-state index is -1.28. The van der Waals surface area contributed by atoms with Crippen LogP contribution in [-0.2, 0) is 44.9 Å². The number of carbonyl (C=O) groups excluding carboxylic acids is 3. The van der Waals surface area contributed by atoms with Crippen molar-refractivity contribution in [2.75, 3.05) is 0 Å². The van der Waals surface area contributed by atoms with E-state index in [4.69, 9.17) is 5.73 Å². The van der Waals surface area contributed by atoms with E-state index in [0.29, 0.717) is 5.69 Å². The first kappa shape index (κ1) is 33.7. The van der Waals surface area contributed by atoms with Crippen molar-refractivity contribution in [2.45, 2.75) is 49.9 Å². The Morgan fingerprint density at radius 3 is 1.78 bits per heavy atom. The third-order valence-corrected chi connectivity index (χ3v) is 8.69. The molecule has 9 N–H and O–H groups in total. The number of carboxylic acid groups (broad SMARTS) is 1. The Morgan fingerprint density at radius 1 is 0.640 bits per heavy atom. The first-order valence-corrected chi connectivity index (χ1v) is 16.3. The van der Waals surface area contributed by atoms with Gasteiger partial charge in [0.15, 0.2) is 0 Å². The van der Waals surface area contributed by atoms with Crippen molar-refractivity contribution in [1.82, 2.24) is 35.9 Å². The number of nitrogens with one attached hydrogen (secondary N) is 6. The Kier molecular flexibility index (Phi) is 10.3. The summed E-state index contributed by atoms with van der Waals surface area (Å²) in [7, 11) is 0. The van der Waals surface area contributed by atoms with Gasteiger partial charge >= 0.3 is 5.97 Å². The molecule has 13 nitrogen and oxygen atoms in total. The molecule has 256 valence electrons. The van der Waals surface area contributed by atoms with Crippen molar-refractivity contribution in [3.63, 3.8) is 0 Å². The van der Waals surface area contributed by atoms with Crippen LogP contribution in [0.15, 0.2) is 104 Å². The lowest BCUT2D eigenvalue weighted by molar-refractivity contribution is -0.142. The number of aliphatic carboxylic acids is 1. The van der Waals surface area contributed by atoms with Crippen LogP contribution in [0.5, 0.6) is 0 Å². The highest BCUT2D eigenvalue weighted by molar-refractivity contribution is 5.95. The van der Waals surface area contributed by atoms with Crippen LogP contribution in [0.4, 0.5) is 0 Å². The fourth-order valence-electron chi connectivity index (χ4n) is 6.06. The number of benzene rings is 3. The third kappa shape index (κ3) is 8.08. The van der Waals surface area contributed by atoms with Crippen molar-refractivity contribution >= 4 is 45.5 Å². The number of fused-ring (bicyclic) bond motifs is 2. The normalized spacial score (nSPS) is 13.7. The second kappa shape index (κ2) is 15.3. The molecule has 50 heavy (non-hydrogen) atoms. The molecule has 0 fully saturated rings. The number of nitrogens with two attached hydrogens (primary N) is 1. The SMILES string of the molecule is NC(Cc1c[nH]c2ccccc12)C(=O)NC(Cc1cnc[nH]1)C(=O)NC(Cc1ccccc1)C(=O)NC(Cc1c[nH]c2ccccc12)C(=O)O.